The van der Waals surface area contributed by atoms with E-state index in [1.54, 1.807) is 23.1 Å². The van der Waals surface area contributed by atoms with Crippen LogP contribution in [0.4, 0.5) is 5.69 Å². The average Bonchev–Trinajstić information content (AvgIpc) is 2.79. The summed E-state index contributed by atoms with van der Waals surface area (Å²) < 4.78 is 4.72. The Hall–Kier alpha value is -1.26. The Kier molecular flexibility index (Phi) is 4.32. The third kappa shape index (κ3) is 2.69. The van der Waals surface area contributed by atoms with Crippen LogP contribution in [0.1, 0.15) is 16.8 Å². The van der Waals surface area contributed by atoms with Gasteiger partial charge in [-0.15, -0.1) is 11.6 Å². The van der Waals surface area contributed by atoms with Crippen molar-refractivity contribution < 1.29 is 14.3 Å². The Morgan fingerprint density at radius 2 is 2.26 bits per heavy atom. The van der Waals surface area contributed by atoms with Gasteiger partial charge in [0.1, 0.15) is 5.56 Å². The highest BCUT2D eigenvalue weighted by Gasteiger charge is 2.33. The van der Waals surface area contributed by atoms with Crippen LogP contribution >= 0.6 is 23.2 Å². The van der Waals surface area contributed by atoms with Gasteiger partial charge in [-0.05, 0) is 18.1 Å². The zero-order valence-electron chi connectivity index (χ0n) is 10.4. The van der Waals surface area contributed by atoms with Crippen LogP contribution in [0.25, 0.3) is 0 Å². The number of alkyl halides is 1. The Morgan fingerprint density at radius 1 is 1.53 bits per heavy atom. The number of nitrogens with zero attached hydrogens (tertiary/aromatic N) is 1. The topological polar surface area (TPSA) is 46.6 Å². The van der Waals surface area contributed by atoms with Crippen molar-refractivity contribution in [3.63, 3.8) is 0 Å². The van der Waals surface area contributed by atoms with Crippen LogP contribution in [0.2, 0.25) is 5.02 Å². The molecule has 0 N–H and O–H groups in total. The monoisotopic (exact) mass is 301 g/mol. The number of hydrogen-bond acceptors (Lipinski definition) is 3. The molecule has 0 spiro atoms. The van der Waals surface area contributed by atoms with Crippen molar-refractivity contribution in [3.05, 3.63) is 28.8 Å². The maximum atomic E-state index is 12.0. The van der Waals surface area contributed by atoms with Gasteiger partial charge in [-0.3, -0.25) is 4.79 Å². The minimum atomic E-state index is -0.553. The first kappa shape index (κ1) is 14.2. The number of carbonyl (C=O) groups excluding carboxylic acids is 2. The summed E-state index contributed by atoms with van der Waals surface area (Å²) in [6, 6.07) is 4.98. The first-order chi connectivity index (χ1) is 9.08. The van der Waals surface area contributed by atoms with Gasteiger partial charge in [-0.2, -0.15) is 0 Å². The Bertz CT molecular complexity index is 519. The molecule has 1 aromatic carbocycles. The van der Waals surface area contributed by atoms with Gasteiger partial charge in [0.05, 0.1) is 17.8 Å². The molecule has 1 fully saturated rings. The molecule has 6 heteroatoms. The highest BCUT2D eigenvalue weighted by molar-refractivity contribution is 6.34. The van der Waals surface area contributed by atoms with Gasteiger partial charge < -0.3 is 9.64 Å². The van der Waals surface area contributed by atoms with Gasteiger partial charge in [0.15, 0.2) is 0 Å². The third-order valence-electron chi connectivity index (χ3n) is 3.10. The van der Waals surface area contributed by atoms with E-state index in [0.29, 0.717) is 24.5 Å². The number of carbonyl (C=O) groups is 2. The number of benzene rings is 1. The third-order valence-corrected chi connectivity index (χ3v) is 3.85. The number of ether oxygens (including phenoxy) is 1. The summed E-state index contributed by atoms with van der Waals surface area (Å²) >= 11 is 11.8. The summed E-state index contributed by atoms with van der Waals surface area (Å²) in [6.07, 6.45) is 0.386. The summed E-state index contributed by atoms with van der Waals surface area (Å²) in [5.41, 5.74) is 0.701. The molecular weight excluding hydrogens is 289 g/mol. The number of esters is 1. The molecule has 0 aromatic heterocycles. The van der Waals surface area contributed by atoms with Crippen LogP contribution in [0, 0.1) is 5.92 Å². The van der Waals surface area contributed by atoms with E-state index >= 15 is 0 Å². The summed E-state index contributed by atoms with van der Waals surface area (Å²) in [7, 11) is 1.28. The van der Waals surface area contributed by atoms with Gasteiger partial charge in [0, 0.05) is 18.8 Å². The summed E-state index contributed by atoms with van der Waals surface area (Å²) in [5, 5.41) is 0.270. The molecule has 2 rings (SSSR count). The fourth-order valence-electron chi connectivity index (χ4n) is 2.16. The molecule has 1 amide bonds. The molecule has 0 aliphatic carbocycles. The van der Waals surface area contributed by atoms with Crippen LogP contribution in [-0.4, -0.2) is 31.4 Å². The van der Waals surface area contributed by atoms with Gasteiger partial charge >= 0.3 is 5.97 Å². The molecule has 1 atom stereocenters. The fourth-order valence-corrected chi connectivity index (χ4v) is 2.61. The highest BCUT2D eigenvalue weighted by atomic mass is 35.5. The van der Waals surface area contributed by atoms with Gasteiger partial charge in [-0.25, -0.2) is 4.79 Å². The zero-order valence-corrected chi connectivity index (χ0v) is 11.9. The fraction of sp³-hybridized carbons (Fsp3) is 0.385. The van der Waals surface area contributed by atoms with Crippen molar-refractivity contribution in [3.8, 4) is 0 Å². The number of methoxy groups -OCH3 is 1. The number of anilines is 1. The lowest BCUT2D eigenvalue weighted by Crippen LogP contribution is -2.27. The van der Waals surface area contributed by atoms with E-state index < -0.39 is 5.97 Å². The molecule has 0 bridgehead atoms. The van der Waals surface area contributed by atoms with E-state index in [9.17, 15) is 9.59 Å². The Balaban J connectivity index is 2.43. The van der Waals surface area contributed by atoms with Crippen molar-refractivity contribution in [1.29, 1.82) is 0 Å². The Morgan fingerprint density at radius 3 is 2.84 bits per heavy atom. The highest BCUT2D eigenvalue weighted by Crippen LogP contribution is 2.32. The lowest BCUT2D eigenvalue weighted by atomic mass is 10.1. The van der Waals surface area contributed by atoms with Crippen molar-refractivity contribution in [2.45, 2.75) is 6.42 Å². The van der Waals surface area contributed by atoms with Crippen molar-refractivity contribution >= 4 is 40.8 Å². The molecule has 1 aliphatic rings. The maximum absolute atomic E-state index is 12.0. The number of hydrogen-bond donors (Lipinski definition) is 0. The molecule has 1 aliphatic heterocycles. The van der Waals surface area contributed by atoms with Crippen LogP contribution in [0.3, 0.4) is 0 Å². The Labute approximate surface area is 121 Å². The van der Waals surface area contributed by atoms with Crippen molar-refractivity contribution in [2.75, 3.05) is 24.4 Å². The van der Waals surface area contributed by atoms with Crippen LogP contribution in [0.5, 0.6) is 0 Å². The normalized spacial score (nSPS) is 18.8. The maximum Gasteiger partial charge on any atom is 0.341 e. The molecule has 1 heterocycles. The van der Waals surface area contributed by atoms with E-state index in [-0.39, 0.29) is 22.4 Å². The van der Waals surface area contributed by atoms with Crippen LogP contribution in [-0.2, 0) is 9.53 Å². The number of halogens is 2. The van der Waals surface area contributed by atoms with Crippen molar-refractivity contribution in [2.24, 2.45) is 5.92 Å². The molecule has 102 valence electrons. The van der Waals surface area contributed by atoms with Gasteiger partial charge in [-0.1, -0.05) is 17.7 Å². The zero-order chi connectivity index (χ0) is 14.0. The predicted molar refractivity (Wildman–Crippen MR) is 74.0 cm³/mol. The largest absolute Gasteiger partial charge is 0.465 e. The number of rotatable bonds is 3. The SMILES string of the molecule is COC(=O)c1c(Cl)cccc1N1CC(CCl)CC1=O. The quantitative estimate of drug-likeness (QED) is 0.637. The minimum absolute atomic E-state index is 0.0573. The lowest BCUT2D eigenvalue weighted by molar-refractivity contribution is -0.117. The second-order valence-electron chi connectivity index (χ2n) is 4.35. The molecule has 0 radical (unpaired) electrons. The van der Waals surface area contributed by atoms with Crippen molar-refractivity contribution in [1.82, 2.24) is 0 Å². The molecule has 1 saturated heterocycles. The summed E-state index contributed by atoms with van der Waals surface area (Å²) in [5.74, 6) is -0.101. The second kappa shape index (κ2) is 5.80. The molecular formula is C13H13Cl2NO3. The summed E-state index contributed by atoms with van der Waals surface area (Å²) in [6.45, 7) is 0.493. The smallest absolute Gasteiger partial charge is 0.341 e. The molecule has 1 aromatic rings. The molecule has 4 nitrogen and oxygen atoms in total. The molecule has 19 heavy (non-hydrogen) atoms. The van der Waals surface area contributed by atoms with E-state index in [0.717, 1.165) is 0 Å². The summed E-state index contributed by atoms with van der Waals surface area (Å²) in [4.78, 5) is 25.3. The van der Waals surface area contributed by atoms with E-state index in [1.807, 2.05) is 0 Å². The van der Waals surface area contributed by atoms with E-state index in [2.05, 4.69) is 0 Å². The lowest BCUT2D eigenvalue weighted by Gasteiger charge is -2.20. The van der Waals surface area contributed by atoms with Gasteiger partial charge in [0.2, 0.25) is 5.91 Å². The first-order valence-corrected chi connectivity index (χ1v) is 6.73. The minimum Gasteiger partial charge on any atom is -0.465 e. The molecule has 0 saturated carbocycles. The average molecular weight is 302 g/mol. The molecule has 1 unspecified atom stereocenters. The van der Waals surface area contributed by atoms with Crippen LogP contribution < -0.4 is 4.90 Å². The predicted octanol–water partition coefficient (Wildman–Crippen LogP) is 2.72. The first-order valence-electron chi connectivity index (χ1n) is 5.81. The standard InChI is InChI=1S/C13H13Cl2NO3/c1-19-13(18)12-9(15)3-2-4-10(12)16-7-8(6-14)5-11(16)17/h2-4,8H,5-7H2,1H3. The second-order valence-corrected chi connectivity index (χ2v) is 5.07. The van der Waals surface area contributed by atoms with Gasteiger partial charge in [0.25, 0.3) is 0 Å². The number of amides is 1. The van der Waals surface area contributed by atoms with Crippen LogP contribution in [0.15, 0.2) is 18.2 Å². The van der Waals surface area contributed by atoms with E-state index in [4.69, 9.17) is 27.9 Å². The van der Waals surface area contributed by atoms with E-state index in [1.165, 1.54) is 7.11 Å².